The number of nitrogens with two attached hydrogens (primary N) is 1. The summed E-state index contributed by atoms with van der Waals surface area (Å²) in [5, 5.41) is 2.72. The van der Waals surface area contributed by atoms with Gasteiger partial charge in [0.25, 0.3) is 0 Å². The van der Waals surface area contributed by atoms with Gasteiger partial charge in [0.1, 0.15) is 0 Å². The van der Waals surface area contributed by atoms with Gasteiger partial charge in [0.15, 0.2) is 0 Å². The van der Waals surface area contributed by atoms with Crippen LogP contribution in [0.3, 0.4) is 0 Å². The van der Waals surface area contributed by atoms with Crippen LogP contribution < -0.4 is 11.1 Å². The molecule has 0 radical (unpaired) electrons. The van der Waals surface area contributed by atoms with Crippen molar-refractivity contribution < 1.29 is 9.59 Å². The van der Waals surface area contributed by atoms with Gasteiger partial charge in [-0.15, -0.1) is 12.4 Å². The minimum atomic E-state index is -0.491. The Labute approximate surface area is 121 Å². The van der Waals surface area contributed by atoms with E-state index >= 15 is 0 Å². The molecule has 1 aliphatic heterocycles. The fraction of sp³-hybridized carbons (Fsp3) is 0.846. The first-order valence-electron chi connectivity index (χ1n) is 6.83. The molecule has 0 unspecified atom stereocenters. The Hall–Kier alpha value is -0.810. The van der Waals surface area contributed by atoms with E-state index in [0.717, 1.165) is 25.9 Å². The molecule has 0 bridgehead atoms. The third-order valence-corrected chi connectivity index (χ3v) is 3.37. The van der Waals surface area contributed by atoms with Crippen molar-refractivity contribution >= 4 is 24.2 Å². The van der Waals surface area contributed by atoms with E-state index in [2.05, 4.69) is 5.32 Å². The Morgan fingerprint density at radius 2 is 1.79 bits per heavy atom. The van der Waals surface area contributed by atoms with Crippen molar-refractivity contribution in [1.29, 1.82) is 0 Å². The summed E-state index contributed by atoms with van der Waals surface area (Å²) in [5.74, 6) is 0.0763. The van der Waals surface area contributed by atoms with Gasteiger partial charge < -0.3 is 16.0 Å². The molecule has 1 atom stereocenters. The summed E-state index contributed by atoms with van der Waals surface area (Å²) in [5.41, 5.74) is 5.71. The van der Waals surface area contributed by atoms with Gasteiger partial charge in [-0.25, -0.2) is 0 Å². The van der Waals surface area contributed by atoms with E-state index in [1.165, 1.54) is 6.42 Å². The van der Waals surface area contributed by atoms with Gasteiger partial charge in [0.05, 0.1) is 6.04 Å². The number of carbonyl (C=O) groups excluding carboxylic acids is 2. The predicted molar refractivity (Wildman–Crippen MR) is 78.1 cm³/mol. The van der Waals surface area contributed by atoms with Crippen molar-refractivity contribution in [2.75, 3.05) is 19.6 Å². The van der Waals surface area contributed by atoms with Crippen LogP contribution in [0, 0.1) is 5.92 Å². The molecule has 0 aromatic carbocycles. The van der Waals surface area contributed by atoms with E-state index < -0.39 is 6.04 Å². The highest BCUT2D eigenvalue weighted by molar-refractivity contribution is 5.85. The van der Waals surface area contributed by atoms with Crippen LogP contribution in [0.4, 0.5) is 0 Å². The third-order valence-electron chi connectivity index (χ3n) is 3.37. The van der Waals surface area contributed by atoms with Crippen molar-refractivity contribution in [3.8, 4) is 0 Å². The number of rotatable bonds is 5. The molecule has 1 rings (SSSR count). The Kier molecular flexibility index (Phi) is 8.76. The van der Waals surface area contributed by atoms with E-state index in [9.17, 15) is 9.59 Å². The molecule has 1 heterocycles. The first kappa shape index (κ1) is 18.2. The SMILES string of the molecule is CC(C)[C@@H](N)C(=O)NCCC(=O)N1CCCCC1.Cl. The molecular formula is C13H26ClN3O2. The van der Waals surface area contributed by atoms with Crippen LogP contribution in [0.5, 0.6) is 0 Å². The molecule has 0 aromatic rings. The first-order chi connectivity index (χ1) is 8.52. The smallest absolute Gasteiger partial charge is 0.237 e. The van der Waals surface area contributed by atoms with Crippen molar-refractivity contribution in [3.05, 3.63) is 0 Å². The zero-order chi connectivity index (χ0) is 13.5. The van der Waals surface area contributed by atoms with Crippen molar-refractivity contribution in [1.82, 2.24) is 10.2 Å². The normalized spacial score (nSPS) is 16.7. The molecule has 112 valence electrons. The number of nitrogens with zero attached hydrogens (tertiary/aromatic N) is 1. The maximum Gasteiger partial charge on any atom is 0.237 e. The maximum absolute atomic E-state index is 11.8. The molecule has 2 amide bonds. The number of amides is 2. The van der Waals surface area contributed by atoms with Crippen LogP contribution in [0.25, 0.3) is 0 Å². The number of hydrogen-bond acceptors (Lipinski definition) is 3. The maximum atomic E-state index is 11.8. The molecule has 1 aliphatic rings. The molecule has 6 heteroatoms. The standard InChI is InChI=1S/C13H25N3O2.ClH/c1-10(2)12(14)13(18)15-7-6-11(17)16-8-4-3-5-9-16;/h10,12H,3-9,14H2,1-2H3,(H,15,18);1H/t12-;/m1./s1. The van der Waals surface area contributed by atoms with Gasteiger partial charge in [-0.3, -0.25) is 9.59 Å². The zero-order valence-corrected chi connectivity index (χ0v) is 12.7. The van der Waals surface area contributed by atoms with E-state index in [4.69, 9.17) is 5.73 Å². The molecule has 0 aliphatic carbocycles. The largest absolute Gasteiger partial charge is 0.354 e. The Balaban J connectivity index is 0.00000324. The Morgan fingerprint density at radius 1 is 1.21 bits per heavy atom. The quantitative estimate of drug-likeness (QED) is 0.790. The Bertz CT molecular complexity index is 292. The second-order valence-corrected chi connectivity index (χ2v) is 5.25. The van der Waals surface area contributed by atoms with E-state index in [-0.39, 0.29) is 30.1 Å². The van der Waals surface area contributed by atoms with Crippen molar-refractivity contribution in [3.63, 3.8) is 0 Å². The molecule has 0 spiro atoms. The number of hydrogen-bond donors (Lipinski definition) is 2. The monoisotopic (exact) mass is 291 g/mol. The molecule has 1 saturated heterocycles. The minimum absolute atomic E-state index is 0. The lowest BCUT2D eigenvalue weighted by atomic mass is 10.1. The topological polar surface area (TPSA) is 75.4 Å². The van der Waals surface area contributed by atoms with E-state index in [1.807, 2.05) is 18.7 Å². The molecule has 1 fully saturated rings. The summed E-state index contributed by atoms with van der Waals surface area (Å²) < 4.78 is 0. The first-order valence-corrected chi connectivity index (χ1v) is 6.83. The lowest BCUT2D eigenvalue weighted by Gasteiger charge is -2.26. The molecule has 0 saturated carbocycles. The van der Waals surface area contributed by atoms with Crippen LogP contribution in [0.15, 0.2) is 0 Å². The molecule has 0 aromatic heterocycles. The highest BCUT2D eigenvalue weighted by Gasteiger charge is 2.19. The summed E-state index contributed by atoms with van der Waals surface area (Å²) in [4.78, 5) is 25.3. The predicted octanol–water partition coefficient (Wildman–Crippen LogP) is 0.910. The van der Waals surface area contributed by atoms with Crippen LogP contribution >= 0.6 is 12.4 Å². The highest BCUT2D eigenvalue weighted by Crippen LogP contribution is 2.09. The summed E-state index contributed by atoms with van der Waals surface area (Å²) in [6.07, 6.45) is 3.77. The van der Waals surface area contributed by atoms with Crippen molar-refractivity contribution in [2.45, 2.75) is 45.6 Å². The van der Waals surface area contributed by atoms with E-state index in [1.54, 1.807) is 0 Å². The summed E-state index contributed by atoms with van der Waals surface area (Å²) in [6.45, 7) is 5.91. The van der Waals surface area contributed by atoms with Crippen molar-refractivity contribution in [2.24, 2.45) is 11.7 Å². The van der Waals surface area contributed by atoms with Crippen LogP contribution in [-0.2, 0) is 9.59 Å². The number of piperidine rings is 1. The van der Waals surface area contributed by atoms with Crippen LogP contribution in [0.2, 0.25) is 0 Å². The molecule has 3 N–H and O–H groups in total. The minimum Gasteiger partial charge on any atom is -0.354 e. The summed E-state index contributed by atoms with van der Waals surface area (Å²) >= 11 is 0. The zero-order valence-electron chi connectivity index (χ0n) is 11.9. The van der Waals surface area contributed by atoms with Gasteiger partial charge in [0.2, 0.25) is 11.8 Å². The average molecular weight is 292 g/mol. The summed E-state index contributed by atoms with van der Waals surface area (Å²) in [6, 6.07) is -0.491. The van der Waals surface area contributed by atoms with Gasteiger partial charge in [-0.1, -0.05) is 13.8 Å². The number of likely N-dealkylation sites (tertiary alicyclic amines) is 1. The number of nitrogens with one attached hydrogen (secondary N) is 1. The molecule has 5 nitrogen and oxygen atoms in total. The fourth-order valence-electron chi connectivity index (χ4n) is 2.01. The number of halogens is 1. The third kappa shape index (κ3) is 6.25. The average Bonchev–Trinajstić information content (AvgIpc) is 2.38. The number of carbonyl (C=O) groups is 2. The lowest BCUT2D eigenvalue weighted by molar-refractivity contribution is -0.132. The van der Waals surface area contributed by atoms with Crippen LogP contribution in [-0.4, -0.2) is 42.4 Å². The second-order valence-electron chi connectivity index (χ2n) is 5.25. The van der Waals surface area contributed by atoms with Gasteiger partial charge in [-0.05, 0) is 25.2 Å². The van der Waals surface area contributed by atoms with Gasteiger partial charge in [-0.2, -0.15) is 0 Å². The van der Waals surface area contributed by atoms with Gasteiger partial charge in [0, 0.05) is 26.1 Å². The second kappa shape index (κ2) is 9.15. The molecular weight excluding hydrogens is 266 g/mol. The fourth-order valence-corrected chi connectivity index (χ4v) is 2.01. The summed E-state index contributed by atoms with van der Waals surface area (Å²) in [7, 11) is 0. The molecule has 19 heavy (non-hydrogen) atoms. The highest BCUT2D eigenvalue weighted by atomic mass is 35.5. The van der Waals surface area contributed by atoms with Gasteiger partial charge >= 0.3 is 0 Å². The Morgan fingerprint density at radius 3 is 2.32 bits per heavy atom. The van der Waals surface area contributed by atoms with E-state index in [0.29, 0.717) is 13.0 Å². The lowest BCUT2D eigenvalue weighted by Crippen LogP contribution is -2.45. The van der Waals surface area contributed by atoms with Crippen LogP contribution in [0.1, 0.15) is 39.5 Å².